The first-order valence-electron chi connectivity index (χ1n) is 12.2. The van der Waals surface area contributed by atoms with Crippen LogP contribution in [0.2, 0.25) is 5.15 Å². The number of anilines is 1. The summed E-state index contributed by atoms with van der Waals surface area (Å²) in [4.78, 5) is 51.6. The molecule has 3 unspecified atom stereocenters. The third kappa shape index (κ3) is 6.98. The number of hydrogen-bond donors (Lipinski definition) is 4. The largest absolute Gasteiger partial charge is 0.462 e. The molecule has 0 saturated carbocycles. The number of aryl methyl sites for hydroxylation is 1. The molecule has 3 atom stereocenters. The topological polar surface area (TPSA) is 159 Å². The highest BCUT2D eigenvalue weighted by Gasteiger charge is 2.35. The van der Waals surface area contributed by atoms with Gasteiger partial charge in [0.25, 0.3) is 11.8 Å². The van der Waals surface area contributed by atoms with Crippen LogP contribution in [-0.4, -0.2) is 88.9 Å². The van der Waals surface area contributed by atoms with Gasteiger partial charge in [0.1, 0.15) is 4.88 Å². The number of ether oxygens (including phenoxy) is 2. The van der Waals surface area contributed by atoms with E-state index in [0.29, 0.717) is 43.4 Å². The first-order valence-corrected chi connectivity index (χ1v) is 13.4. The molecule has 0 spiro atoms. The molecule has 1 saturated heterocycles. The molecule has 0 aromatic carbocycles. The molecule has 2 aromatic rings. The van der Waals surface area contributed by atoms with E-state index in [-0.39, 0.29) is 52.8 Å². The highest BCUT2D eigenvalue weighted by atomic mass is 35.5. The molecule has 2 aromatic heterocycles. The SMILES string of the molecule is CCOC(=O)c1sc(N2CCC(NC(=O)c3nc(Cl)c(CC)[nH]3)C(OCC)C2)nc1C(=O)NC(C)CO. The molecule has 1 fully saturated rings. The summed E-state index contributed by atoms with van der Waals surface area (Å²) in [6, 6.07) is -0.804. The van der Waals surface area contributed by atoms with E-state index in [0.717, 1.165) is 11.3 Å². The van der Waals surface area contributed by atoms with Gasteiger partial charge in [0.15, 0.2) is 21.8 Å². The lowest BCUT2D eigenvalue weighted by molar-refractivity contribution is 0.0271. The number of nitrogens with one attached hydrogen (secondary N) is 3. The highest BCUT2D eigenvalue weighted by molar-refractivity contribution is 7.17. The molecule has 2 amide bonds. The zero-order valence-electron chi connectivity index (χ0n) is 21.3. The monoisotopic (exact) mass is 556 g/mol. The summed E-state index contributed by atoms with van der Waals surface area (Å²) in [5, 5.41) is 15.6. The molecule has 0 aliphatic carbocycles. The number of imidazole rings is 1. The standard InChI is InChI=1S/C23H33ClN6O6S/c1-5-13-18(24)29-19(26-13)21(33)27-14-8-9-30(10-15(14)35-6-2)23-28-16(20(32)25-12(4)11-31)17(37-23)22(34)36-7-3/h12,14-15,31H,5-11H2,1-4H3,(H,25,32)(H,26,29)(H,27,33). The minimum absolute atomic E-state index is 0.0523. The van der Waals surface area contributed by atoms with Crippen LogP contribution >= 0.6 is 22.9 Å². The van der Waals surface area contributed by atoms with E-state index in [4.69, 9.17) is 21.1 Å². The average Bonchev–Trinajstić information content (AvgIpc) is 3.49. The van der Waals surface area contributed by atoms with Crippen LogP contribution in [0.4, 0.5) is 5.13 Å². The van der Waals surface area contributed by atoms with E-state index >= 15 is 0 Å². The Labute approximate surface area is 224 Å². The number of aromatic amines is 1. The molecule has 37 heavy (non-hydrogen) atoms. The smallest absolute Gasteiger partial charge is 0.350 e. The Balaban J connectivity index is 1.78. The van der Waals surface area contributed by atoms with Gasteiger partial charge in [-0.3, -0.25) is 9.59 Å². The molecule has 0 bridgehead atoms. The minimum atomic E-state index is -0.639. The summed E-state index contributed by atoms with van der Waals surface area (Å²) in [7, 11) is 0. The average molecular weight is 557 g/mol. The van der Waals surface area contributed by atoms with Crippen LogP contribution in [0.1, 0.15) is 70.6 Å². The van der Waals surface area contributed by atoms with E-state index in [1.54, 1.807) is 13.8 Å². The van der Waals surface area contributed by atoms with Gasteiger partial charge in [-0.1, -0.05) is 29.9 Å². The van der Waals surface area contributed by atoms with Crippen molar-refractivity contribution in [3.05, 3.63) is 27.2 Å². The molecule has 0 radical (unpaired) electrons. The lowest BCUT2D eigenvalue weighted by Crippen LogP contribution is -2.55. The van der Waals surface area contributed by atoms with Crippen LogP contribution in [-0.2, 0) is 15.9 Å². The number of H-pyrrole nitrogens is 1. The summed E-state index contributed by atoms with van der Waals surface area (Å²) in [5.41, 5.74) is 0.640. The van der Waals surface area contributed by atoms with Crippen molar-refractivity contribution in [1.82, 2.24) is 25.6 Å². The van der Waals surface area contributed by atoms with E-state index < -0.39 is 17.9 Å². The number of piperidine rings is 1. The van der Waals surface area contributed by atoms with Gasteiger partial charge in [0.2, 0.25) is 0 Å². The molecule has 14 heteroatoms. The number of hydrogen-bond acceptors (Lipinski definition) is 10. The molecule has 1 aliphatic rings. The van der Waals surface area contributed by atoms with Crippen molar-refractivity contribution >= 4 is 45.9 Å². The van der Waals surface area contributed by atoms with Crippen LogP contribution in [0.5, 0.6) is 0 Å². The maximum atomic E-state index is 12.8. The van der Waals surface area contributed by atoms with E-state index in [1.165, 1.54) is 0 Å². The molecule has 204 valence electrons. The number of thiazole rings is 1. The number of aliphatic hydroxyl groups excluding tert-OH is 1. The Hall–Kier alpha value is -2.74. The van der Waals surface area contributed by atoms with Crippen molar-refractivity contribution in [2.24, 2.45) is 0 Å². The van der Waals surface area contributed by atoms with Crippen molar-refractivity contribution in [3.63, 3.8) is 0 Å². The van der Waals surface area contributed by atoms with Crippen LogP contribution < -0.4 is 15.5 Å². The summed E-state index contributed by atoms with van der Waals surface area (Å²) in [6.45, 7) is 8.30. The number of esters is 1. The van der Waals surface area contributed by atoms with Crippen molar-refractivity contribution in [2.45, 2.75) is 58.7 Å². The fourth-order valence-corrected chi connectivity index (χ4v) is 5.13. The maximum Gasteiger partial charge on any atom is 0.350 e. The number of amides is 2. The zero-order valence-corrected chi connectivity index (χ0v) is 22.9. The second-order valence-corrected chi connectivity index (χ2v) is 9.80. The Kier molecular flexibility index (Phi) is 10.3. The van der Waals surface area contributed by atoms with Crippen molar-refractivity contribution in [2.75, 3.05) is 37.8 Å². The van der Waals surface area contributed by atoms with Gasteiger partial charge < -0.3 is 35.1 Å². The molecule has 3 heterocycles. The maximum absolute atomic E-state index is 12.8. The summed E-state index contributed by atoms with van der Waals surface area (Å²) >= 11 is 7.14. The Morgan fingerprint density at radius 3 is 2.62 bits per heavy atom. The zero-order chi connectivity index (χ0) is 27.1. The van der Waals surface area contributed by atoms with Gasteiger partial charge in [0.05, 0.1) is 31.1 Å². The van der Waals surface area contributed by atoms with Gasteiger partial charge in [-0.15, -0.1) is 0 Å². The molecular weight excluding hydrogens is 524 g/mol. The van der Waals surface area contributed by atoms with E-state index in [1.807, 2.05) is 18.7 Å². The number of carbonyl (C=O) groups is 3. The molecular formula is C23H33ClN6O6S. The number of aromatic nitrogens is 3. The quantitative estimate of drug-likeness (QED) is 0.303. The Bertz CT molecular complexity index is 1110. The third-order valence-electron chi connectivity index (χ3n) is 5.77. The number of halogens is 1. The van der Waals surface area contributed by atoms with Gasteiger partial charge in [-0.2, -0.15) is 0 Å². The van der Waals surface area contributed by atoms with Crippen LogP contribution in [0.15, 0.2) is 0 Å². The fraction of sp³-hybridized carbons (Fsp3) is 0.609. The number of nitrogens with zero attached hydrogens (tertiary/aromatic N) is 3. The van der Waals surface area contributed by atoms with Crippen molar-refractivity contribution in [3.8, 4) is 0 Å². The summed E-state index contributed by atoms with van der Waals surface area (Å²) in [5.74, 6) is -1.44. The number of aliphatic hydroxyl groups is 1. The van der Waals surface area contributed by atoms with Crippen molar-refractivity contribution in [1.29, 1.82) is 0 Å². The number of carbonyl (C=O) groups excluding carboxylic acids is 3. The fourth-order valence-electron chi connectivity index (χ4n) is 3.88. The first-order chi connectivity index (χ1) is 17.7. The lowest BCUT2D eigenvalue weighted by Gasteiger charge is -2.38. The second-order valence-electron chi connectivity index (χ2n) is 8.47. The predicted molar refractivity (Wildman–Crippen MR) is 139 cm³/mol. The first kappa shape index (κ1) is 28.8. The minimum Gasteiger partial charge on any atom is -0.462 e. The van der Waals surface area contributed by atoms with Gasteiger partial charge in [-0.05, 0) is 33.6 Å². The van der Waals surface area contributed by atoms with E-state index in [2.05, 4.69) is 25.6 Å². The normalized spacial score (nSPS) is 18.4. The summed E-state index contributed by atoms with van der Waals surface area (Å²) < 4.78 is 11.1. The van der Waals surface area contributed by atoms with Gasteiger partial charge in [0, 0.05) is 25.7 Å². The van der Waals surface area contributed by atoms with Gasteiger partial charge >= 0.3 is 5.97 Å². The molecule has 12 nitrogen and oxygen atoms in total. The second kappa shape index (κ2) is 13.2. The predicted octanol–water partition coefficient (Wildman–Crippen LogP) is 1.78. The van der Waals surface area contributed by atoms with E-state index in [9.17, 15) is 19.5 Å². The highest BCUT2D eigenvalue weighted by Crippen LogP contribution is 2.30. The summed E-state index contributed by atoms with van der Waals surface area (Å²) in [6.07, 6.45) is 0.781. The van der Waals surface area contributed by atoms with Crippen LogP contribution in [0.3, 0.4) is 0 Å². The lowest BCUT2D eigenvalue weighted by atomic mass is 10.0. The molecule has 4 N–H and O–H groups in total. The number of rotatable bonds is 11. The Morgan fingerprint density at radius 2 is 2.00 bits per heavy atom. The van der Waals surface area contributed by atoms with Crippen LogP contribution in [0.25, 0.3) is 0 Å². The van der Waals surface area contributed by atoms with Crippen molar-refractivity contribution < 1.29 is 29.0 Å². The Morgan fingerprint density at radius 1 is 1.24 bits per heavy atom. The van der Waals surface area contributed by atoms with Crippen LogP contribution in [0, 0.1) is 0 Å². The molecule has 1 aliphatic heterocycles. The van der Waals surface area contributed by atoms with Gasteiger partial charge in [-0.25, -0.2) is 14.8 Å². The third-order valence-corrected chi connectivity index (χ3v) is 7.18. The molecule has 3 rings (SSSR count).